The first-order valence-corrected chi connectivity index (χ1v) is 8.34. The summed E-state index contributed by atoms with van der Waals surface area (Å²) in [6.07, 6.45) is 0. The molecule has 0 radical (unpaired) electrons. The number of para-hydroxylation sites is 1. The van der Waals surface area contributed by atoms with Crippen LogP contribution in [0.3, 0.4) is 0 Å². The molecular weight excluding hydrogens is 316 g/mol. The zero-order valence-corrected chi connectivity index (χ0v) is 13.9. The molecule has 0 atom stereocenters. The SMILES string of the molecule is CON(C)C(=O)c1ccccc1NS(=O)(=O)c1ccc(C)cc1. The summed E-state index contributed by atoms with van der Waals surface area (Å²) in [5.41, 5.74) is 1.36. The molecule has 7 heteroatoms. The van der Waals surface area contributed by atoms with E-state index in [2.05, 4.69) is 4.72 Å². The van der Waals surface area contributed by atoms with Crippen LogP contribution in [0.25, 0.3) is 0 Å². The van der Waals surface area contributed by atoms with Crippen molar-refractivity contribution in [2.24, 2.45) is 0 Å². The number of nitrogens with zero attached hydrogens (tertiary/aromatic N) is 1. The van der Waals surface area contributed by atoms with Crippen molar-refractivity contribution in [2.75, 3.05) is 18.9 Å². The van der Waals surface area contributed by atoms with Crippen molar-refractivity contribution in [3.63, 3.8) is 0 Å². The molecule has 1 N–H and O–H groups in total. The Bertz CT molecular complexity index is 801. The average Bonchev–Trinajstić information content (AvgIpc) is 2.54. The second-order valence-electron chi connectivity index (χ2n) is 4.95. The highest BCUT2D eigenvalue weighted by Gasteiger charge is 2.20. The van der Waals surface area contributed by atoms with Gasteiger partial charge in [0, 0.05) is 7.05 Å². The van der Waals surface area contributed by atoms with Gasteiger partial charge < -0.3 is 0 Å². The zero-order valence-electron chi connectivity index (χ0n) is 13.1. The van der Waals surface area contributed by atoms with Crippen LogP contribution in [0, 0.1) is 6.92 Å². The maximum Gasteiger partial charge on any atom is 0.279 e. The van der Waals surface area contributed by atoms with Gasteiger partial charge in [0.1, 0.15) is 0 Å². The van der Waals surface area contributed by atoms with E-state index in [-0.39, 0.29) is 16.1 Å². The van der Waals surface area contributed by atoms with Gasteiger partial charge in [0.25, 0.3) is 15.9 Å². The first-order chi connectivity index (χ1) is 10.8. The van der Waals surface area contributed by atoms with Crippen molar-refractivity contribution in [1.29, 1.82) is 0 Å². The third kappa shape index (κ3) is 3.88. The summed E-state index contributed by atoms with van der Waals surface area (Å²) < 4.78 is 27.4. The quantitative estimate of drug-likeness (QED) is 0.852. The molecule has 0 saturated heterocycles. The second-order valence-corrected chi connectivity index (χ2v) is 6.63. The minimum atomic E-state index is -3.78. The summed E-state index contributed by atoms with van der Waals surface area (Å²) in [6, 6.07) is 12.8. The smallest absolute Gasteiger partial charge is 0.279 e. The summed E-state index contributed by atoms with van der Waals surface area (Å²) in [5.74, 6) is -0.449. The van der Waals surface area contributed by atoms with Gasteiger partial charge in [0.2, 0.25) is 0 Å². The van der Waals surface area contributed by atoms with E-state index in [4.69, 9.17) is 4.84 Å². The van der Waals surface area contributed by atoms with Crippen LogP contribution in [0.15, 0.2) is 53.4 Å². The Hall–Kier alpha value is -2.38. The lowest BCUT2D eigenvalue weighted by atomic mass is 10.2. The summed E-state index contributed by atoms with van der Waals surface area (Å²) in [6.45, 7) is 1.87. The van der Waals surface area contributed by atoms with E-state index in [1.54, 1.807) is 24.3 Å². The summed E-state index contributed by atoms with van der Waals surface area (Å²) in [7, 11) is -0.970. The first-order valence-electron chi connectivity index (χ1n) is 6.86. The molecule has 2 aromatic carbocycles. The fraction of sp³-hybridized carbons (Fsp3) is 0.188. The number of carbonyl (C=O) groups excluding carboxylic acids is 1. The number of hydrogen-bond donors (Lipinski definition) is 1. The molecule has 122 valence electrons. The van der Waals surface area contributed by atoms with Crippen LogP contribution in [0.5, 0.6) is 0 Å². The van der Waals surface area contributed by atoms with Gasteiger partial charge in [-0.3, -0.25) is 14.4 Å². The van der Waals surface area contributed by atoms with Gasteiger partial charge in [-0.2, -0.15) is 0 Å². The normalized spacial score (nSPS) is 11.1. The molecule has 2 rings (SSSR count). The molecule has 0 heterocycles. The molecule has 23 heavy (non-hydrogen) atoms. The number of rotatable bonds is 5. The van der Waals surface area contributed by atoms with E-state index in [1.807, 2.05) is 6.92 Å². The highest BCUT2D eigenvalue weighted by molar-refractivity contribution is 7.92. The lowest BCUT2D eigenvalue weighted by molar-refractivity contribution is -0.0756. The van der Waals surface area contributed by atoms with Crippen molar-refractivity contribution in [3.8, 4) is 0 Å². The maximum absolute atomic E-state index is 12.5. The number of hydrogen-bond acceptors (Lipinski definition) is 4. The molecule has 0 aliphatic rings. The number of benzene rings is 2. The van der Waals surface area contributed by atoms with Gasteiger partial charge >= 0.3 is 0 Å². The van der Waals surface area contributed by atoms with E-state index in [1.165, 1.54) is 38.4 Å². The van der Waals surface area contributed by atoms with Crippen LogP contribution < -0.4 is 4.72 Å². The van der Waals surface area contributed by atoms with Gasteiger partial charge in [-0.05, 0) is 31.2 Å². The Morgan fingerprint density at radius 3 is 2.30 bits per heavy atom. The van der Waals surface area contributed by atoms with Crippen LogP contribution in [0.4, 0.5) is 5.69 Å². The molecule has 0 saturated carbocycles. The molecule has 0 fully saturated rings. The number of nitrogens with one attached hydrogen (secondary N) is 1. The Morgan fingerprint density at radius 2 is 1.70 bits per heavy atom. The van der Waals surface area contributed by atoms with Crippen molar-refractivity contribution in [3.05, 3.63) is 59.7 Å². The zero-order chi connectivity index (χ0) is 17.0. The Kier molecular flexibility index (Phi) is 5.02. The molecule has 0 aliphatic heterocycles. The van der Waals surface area contributed by atoms with Gasteiger partial charge in [0.15, 0.2) is 0 Å². The average molecular weight is 334 g/mol. The maximum atomic E-state index is 12.5. The second kappa shape index (κ2) is 6.80. The molecule has 0 spiro atoms. The van der Waals surface area contributed by atoms with Crippen molar-refractivity contribution in [1.82, 2.24) is 5.06 Å². The third-order valence-electron chi connectivity index (χ3n) is 3.29. The topological polar surface area (TPSA) is 75.7 Å². The standard InChI is InChI=1S/C16H18N2O4S/c1-12-8-10-13(11-9-12)23(20,21)17-15-7-5-4-6-14(15)16(19)18(2)22-3/h4-11,17H,1-3H3. The number of amides is 1. The summed E-state index contributed by atoms with van der Waals surface area (Å²) >= 11 is 0. The van der Waals surface area contributed by atoms with Gasteiger partial charge in [-0.25, -0.2) is 13.5 Å². The van der Waals surface area contributed by atoms with Crippen molar-refractivity contribution in [2.45, 2.75) is 11.8 Å². The Morgan fingerprint density at radius 1 is 1.09 bits per heavy atom. The van der Waals surface area contributed by atoms with E-state index < -0.39 is 15.9 Å². The molecule has 0 aliphatic carbocycles. The van der Waals surface area contributed by atoms with Crippen LogP contribution in [0.1, 0.15) is 15.9 Å². The molecule has 0 aromatic heterocycles. The number of anilines is 1. The lowest BCUT2D eigenvalue weighted by Gasteiger charge is -2.17. The van der Waals surface area contributed by atoms with E-state index in [0.717, 1.165) is 10.6 Å². The van der Waals surface area contributed by atoms with Crippen LogP contribution >= 0.6 is 0 Å². The van der Waals surface area contributed by atoms with Crippen LogP contribution in [-0.4, -0.2) is 33.5 Å². The van der Waals surface area contributed by atoms with E-state index in [0.29, 0.717) is 0 Å². The Balaban J connectivity index is 2.37. The first kappa shape index (κ1) is 17.0. The summed E-state index contributed by atoms with van der Waals surface area (Å²) in [4.78, 5) is 17.2. The fourth-order valence-corrected chi connectivity index (χ4v) is 3.01. The molecule has 2 aromatic rings. The molecular formula is C16H18N2O4S. The monoisotopic (exact) mass is 334 g/mol. The minimum Gasteiger partial charge on any atom is -0.279 e. The third-order valence-corrected chi connectivity index (χ3v) is 4.67. The van der Waals surface area contributed by atoms with E-state index in [9.17, 15) is 13.2 Å². The van der Waals surface area contributed by atoms with Gasteiger partial charge in [-0.1, -0.05) is 29.8 Å². The molecule has 0 bridgehead atoms. The minimum absolute atomic E-state index is 0.130. The van der Waals surface area contributed by atoms with Crippen LogP contribution in [-0.2, 0) is 14.9 Å². The lowest BCUT2D eigenvalue weighted by Crippen LogP contribution is -2.27. The predicted molar refractivity (Wildman–Crippen MR) is 87.5 cm³/mol. The Labute approximate surface area is 135 Å². The number of sulfonamides is 1. The fourth-order valence-electron chi connectivity index (χ4n) is 1.93. The number of aryl methyl sites for hydroxylation is 1. The van der Waals surface area contributed by atoms with Gasteiger partial charge in [-0.15, -0.1) is 0 Å². The highest BCUT2D eigenvalue weighted by atomic mass is 32.2. The number of hydroxylamine groups is 2. The van der Waals surface area contributed by atoms with Gasteiger partial charge in [0.05, 0.1) is 23.3 Å². The highest BCUT2D eigenvalue weighted by Crippen LogP contribution is 2.21. The molecule has 0 unspecified atom stereocenters. The van der Waals surface area contributed by atoms with Crippen molar-refractivity contribution < 1.29 is 18.0 Å². The largest absolute Gasteiger partial charge is 0.279 e. The van der Waals surface area contributed by atoms with Crippen LogP contribution in [0.2, 0.25) is 0 Å². The number of carbonyl (C=O) groups is 1. The molecule has 1 amide bonds. The predicted octanol–water partition coefficient (Wildman–Crippen LogP) is 2.43. The molecule has 6 nitrogen and oxygen atoms in total. The summed E-state index contributed by atoms with van der Waals surface area (Å²) in [5, 5.41) is 1.03. The van der Waals surface area contributed by atoms with E-state index >= 15 is 0 Å². The van der Waals surface area contributed by atoms with Crippen molar-refractivity contribution >= 4 is 21.6 Å².